The number of para-hydroxylation sites is 1. The maximum Gasteiger partial charge on any atom is 0.260 e. The Hall–Kier alpha value is -4.59. The number of nitrogens with one attached hydrogen (secondary N) is 2. The van der Waals surface area contributed by atoms with Crippen molar-refractivity contribution in [2.45, 2.75) is 20.8 Å². The number of hydrogen-bond donors (Lipinski definition) is 3. The van der Waals surface area contributed by atoms with Gasteiger partial charge in [-0.25, -0.2) is 9.97 Å². The molecule has 0 aliphatic heterocycles. The molecule has 0 fully saturated rings. The highest BCUT2D eigenvalue weighted by atomic mass is 16.2. The predicted octanol–water partition coefficient (Wildman–Crippen LogP) is 4.18. The lowest BCUT2D eigenvalue weighted by Gasteiger charge is -2.11. The second kappa shape index (κ2) is 9.50. The Bertz CT molecular complexity index is 1430. The fourth-order valence-electron chi connectivity index (χ4n) is 3.47. The van der Waals surface area contributed by atoms with E-state index in [1.165, 1.54) is 0 Å². The summed E-state index contributed by atoms with van der Waals surface area (Å²) in [5.74, 6) is -0.851. The Morgan fingerprint density at radius 1 is 0.853 bits per heavy atom. The van der Waals surface area contributed by atoms with Gasteiger partial charge in [-0.05, 0) is 68.3 Å². The number of guanidine groups is 1. The first kappa shape index (κ1) is 22.6. The first-order chi connectivity index (χ1) is 16.3. The normalized spacial score (nSPS) is 11.3. The Labute approximate surface area is 197 Å². The molecule has 170 valence electrons. The molecule has 34 heavy (non-hydrogen) atoms. The van der Waals surface area contributed by atoms with Crippen molar-refractivity contribution >= 4 is 40.3 Å². The number of hydrogen-bond acceptors (Lipinski definition) is 5. The predicted molar refractivity (Wildman–Crippen MR) is 133 cm³/mol. The summed E-state index contributed by atoms with van der Waals surface area (Å²) in [7, 11) is 0. The lowest BCUT2D eigenvalue weighted by Crippen LogP contribution is -2.37. The maximum absolute atomic E-state index is 12.9. The first-order valence-corrected chi connectivity index (χ1v) is 10.7. The standard InChI is InChI=1S/C26H24N6O2/c1-15-13-20-17(3)28-26(30-22(20)14-16(15)2)32-25(27)31-24(34)19-11-7-8-12-21(19)29-23(33)18-9-5-4-6-10-18/h4-14H,1-3H3,(H,29,33)(H3,27,28,30,31,32,34). The molecule has 0 bridgehead atoms. The molecule has 1 heterocycles. The fourth-order valence-corrected chi connectivity index (χ4v) is 3.47. The molecule has 2 amide bonds. The molecule has 0 saturated carbocycles. The van der Waals surface area contributed by atoms with Crippen LogP contribution < -0.4 is 16.4 Å². The van der Waals surface area contributed by atoms with Crippen molar-refractivity contribution in [2.75, 3.05) is 5.32 Å². The molecule has 8 nitrogen and oxygen atoms in total. The van der Waals surface area contributed by atoms with E-state index in [4.69, 9.17) is 5.73 Å². The van der Waals surface area contributed by atoms with Crippen LogP contribution in [0.3, 0.4) is 0 Å². The third kappa shape index (κ3) is 4.91. The van der Waals surface area contributed by atoms with Gasteiger partial charge in [0.15, 0.2) is 0 Å². The SMILES string of the molecule is Cc1cc2nc(N=C(N)NC(=O)c3ccccc3NC(=O)c3ccccc3)nc(C)c2cc1C. The van der Waals surface area contributed by atoms with Crippen LogP contribution in [0.4, 0.5) is 11.6 Å². The summed E-state index contributed by atoms with van der Waals surface area (Å²) in [6.45, 7) is 5.92. The Morgan fingerprint density at radius 3 is 2.29 bits per heavy atom. The van der Waals surface area contributed by atoms with Crippen LogP contribution in [0.5, 0.6) is 0 Å². The van der Waals surface area contributed by atoms with Gasteiger partial charge < -0.3 is 11.1 Å². The zero-order valence-corrected chi connectivity index (χ0v) is 19.1. The lowest BCUT2D eigenvalue weighted by atomic mass is 10.1. The summed E-state index contributed by atoms with van der Waals surface area (Å²) in [6, 6.07) is 19.4. The number of aliphatic imine (C=N–C) groups is 1. The molecule has 4 N–H and O–H groups in total. The van der Waals surface area contributed by atoms with Gasteiger partial charge in [-0.1, -0.05) is 30.3 Å². The second-order valence-corrected chi connectivity index (χ2v) is 7.88. The van der Waals surface area contributed by atoms with Gasteiger partial charge in [0, 0.05) is 10.9 Å². The van der Waals surface area contributed by atoms with Crippen molar-refractivity contribution < 1.29 is 9.59 Å². The van der Waals surface area contributed by atoms with Gasteiger partial charge in [0.05, 0.1) is 22.5 Å². The number of anilines is 1. The van der Waals surface area contributed by atoms with E-state index in [9.17, 15) is 9.59 Å². The lowest BCUT2D eigenvalue weighted by molar-refractivity contribution is 0.0977. The quantitative estimate of drug-likeness (QED) is 0.317. The molecule has 0 spiro atoms. The first-order valence-electron chi connectivity index (χ1n) is 10.7. The van der Waals surface area contributed by atoms with E-state index < -0.39 is 5.91 Å². The van der Waals surface area contributed by atoms with E-state index in [2.05, 4.69) is 25.6 Å². The van der Waals surface area contributed by atoms with Crippen LogP contribution in [0.1, 0.15) is 37.5 Å². The molecule has 4 aromatic rings. The van der Waals surface area contributed by atoms with Gasteiger partial charge in [0.1, 0.15) is 0 Å². The van der Waals surface area contributed by atoms with Gasteiger partial charge in [-0.15, -0.1) is 0 Å². The third-order valence-corrected chi connectivity index (χ3v) is 5.41. The smallest absolute Gasteiger partial charge is 0.260 e. The van der Waals surface area contributed by atoms with Crippen LogP contribution in [0, 0.1) is 20.8 Å². The highest BCUT2D eigenvalue weighted by molar-refractivity contribution is 6.12. The average Bonchev–Trinajstić information content (AvgIpc) is 2.81. The topological polar surface area (TPSA) is 122 Å². The molecular weight excluding hydrogens is 428 g/mol. The van der Waals surface area contributed by atoms with Crippen molar-refractivity contribution in [1.29, 1.82) is 0 Å². The number of nitrogens with two attached hydrogens (primary N) is 1. The number of fused-ring (bicyclic) bond motifs is 1. The highest BCUT2D eigenvalue weighted by Gasteiger charge is 2.15. The summed E-state index contributed by atoms with van der Waals surface area (Å²) in [5, 5.41) is 6.24. The number of benzene rings is 3. The van der Waals surface area contributed by atoms with E-state index >= 15 is 0 Å². The van der Waals surface area contributed by atoms with Crippen LogP contribution in [0.15, 0.2) is 71.7 Å². The van der Waals surface area contributed by atoms with Crippen molar-refractivity contribution in [2.24, 2.45) is 10.7 Å². The van der Waals surface area contributed by atoms with Gasteiger partial charge >= 0.3 is 0 Å². The Balaban J connectivity index is 1.55. The number of carbonyl (C=O) groups is 2. The minimum absolute atomic E-state index is 0.150. The molecule has 0 aliphatic carbocycles. The summed E-state index contributed by atoms with van der Waals surface area (Å²) in [6.07, 6.45) is 0. The minimum Gasteiger partial charge on any atom is -0.369 e. The van der Waals surface area contributed by atoms with Crippen molar-refractivity contribution in [3.8, 4) is 0 Å². The van der Waals surface area contributed by atoms with E-state index in [-0.39, 0.29) is 23.4 Å². The summed E-state index contributed by atoms with van der Waals surface area (Å²) in [5.41, 5.74) is 10.8. The molecular formula is C26H24N6O2. The molecule has 0 radical (unpaired) electrons. The number of aromatic nitrogens is 2. The molecule has 4 rings (SSSR count). The van der Waals surface area contributed by atoms with Gasteiger partial charge in [-0.2, -0.15) is 4.99 Å². The largest absolute Gasteiger partial charge is 0.369 e. The van der Waals surface area contributed by atoms with Crippen LogP contribution >= 0.6 is 0 Å². The Morgan fingerprint density at radius 2 is 1.53 bits per heavy atom. The molecule has 3 aromatic carbocycles. The summed E-state index contributed by atoms with van der Waals surface area (Å²) >= 11 is 0. The van der Waals surface area contributed by atoms with Crippen LogP contribution in [0.25, 0.3) is 10.9 Å². The van der Waals surface area contributed by atoms with Crippen LogP contribution in [-0.2, 0) is 0 Å². The zero-order valence-electron chi connectivity index (χ0n) is 19.1. The number of rotatable bonds is 4. The van der Waals surface area contributed by atoms with E-state index in [1.807, 2.05) is 39.0 Å². The molecule has 1 aromatic heterocycles. The molecule has 0 unspecified atom stereocenters. The second-order valence-electron chi connectivity index (χ2n) is 7.88. The molecule has 0 saturated heterocycles. The molecule has 0 aliphatic rings. The number of nitrogens with zero attached hydrogens (tertiary/aromatic N) is 3. The fraction of sp³-hybridized carbons (Fsp3) is 0.115. The summed E-state index contributed by atoms with van der Waals surface area (Å²) in [4.78, 5) is 38.4. The number of aryl methyl sites for hydroxylation is 3. The summed E-state index contributed by atoms with van der Waals surface area (Å²) < 4.78 is 0. The van der Waals surface area contributed by atoms with Gasteiger partial charge in [-0.3, -0.25) is 14.9 Å². The maximum atomic E-state index is 12.9. The Kier molecular flexibility index (Phi) is 6.31. The minimum atomic E-state index is -0.519. The van der Waals surface area contributed by atoms with Gasteiger partial charge in [0.25, 0.3) is 17.8 Å². The molecule has 8 heteroatoms. The highest BCUT2D eigenvalue weighted by Crippen LogP contribution is 2.22. The van der Waals surface area contributed by atoms with Crippen molar-refractivity contribution in [3.63, 3.8) is 0 Å². The van der Waals surface area contributed by atoms with Crippen molar-refractivity contribution in [1.82, 2.24) is 15.3 Å². The molecule has 0 atom stereocenters. The van der Waals surface area contributed by atoms with Gasteiger partial charge in [0.2, 0.25) is 5.96 Å². The third-order valence-electron chi connectivity index (χ3n) is 5.41. The average molecular weight is 453 g/mol. The number of amides is 2. The van der Waals surface area contributed by atoms with E-state index in [0.717, 1.165) is 27.7 Å². The van der Waals surface area contributed by atoms with Crippen LogP contribution in [0.2, 0.25) is 0 Å². The monoisotopic (exact) mass is 452 g/mol. The van der Waals surface area contributed by atoms with Crippen molar-refractivity contribution in [3.05, 3.63) is 94.7 Å². The van der Waals surface area contributed by atoms with E-state index in [1.54, 1.807) is 48.5 Å². The zero-order chi connectivity index (χ0) is 24.2. The van der Waals surface area contributed by atoms with Crippen LogP contribution in [-0.4, -0.2) is 27.7 Å². The number of carbonyl (C=O) groups excluding carboxylic acids is 2. The van der Waals surface area contributed by atoms with E-state index in [0.29, 0.717) is 11.3 Å².